The number of anilines is 2. The van der Waals surface area contributed by atoms with Crippen LogP contribution in [0.1, 0.15) is 24.8 Å². The number of sulfonamides is 1. The van der Waals surface area contributed by atoms with E-state index in [-0.39, 0.29) is 16.7 Å². The number of benzene rings is 2. The van der Waals surface area contributed by atoms with Crippen molar-refractivity contribution < 1.29 is 17.9 Å². The number of hydrogen-bond donors (Lipinski definition) is 0. The predicted molar refractivity (Wildman–Crippen MR) is 124 cm³/mol. The highest BCUT2D eigenvalue weighted by atomic mass is 32.2. The maximum Gasteiger partial charge on any atom is 0.273 e. The lowest BCUT2D eigenvalue weighted by Gasteiger charge is -2.32. The van der Waals surface area contributed by atoms with Crippen LogP contribution in [0, 0.1) is 0 Å². The molecule has 0 saturated heterocycles. The van der Waals surface area contributed by atoms with Crippen LogP contribution in [0.2, 0.25) is 0 Å². The minimum absolute atomic E-state index is 0.0780. The number of fused-ring (bicyclic) bond motifs is 1. The summed E-state index contributed by atoms with van der Waals surface area (Å²) in [6.45, 7) is 2.77. The standard InChI is InChI=1S/C23H24N2O4S2/c1-17-13-14-25(21-7-4-3-6-20(17)21)22(26)16-29-19-11-9-18(10-12-19)24(2)31(27,28)23-8-5-15-30-23/h3-12,15,17H,13-14,16H2,1-2H3. The van der Waals surface area contributed by atoms with Gasteiger partial charge in [0.05, 0.1) is 5.69 Å². The Hall–Kier alpha value is -2.84. The van der Waals surface area contributed by atoms with Crippen molar-refractivity contribution in [3.05, 3.63) is 71.6 Å². The molecule has 8 heteroatoms. The zero-order chi connectivity index (χ0) is 22.0. The number of thiophene rings is 1. The maximum atomic E-state index is 12.8. The number of hydrogen-bond acceptors (Lipinski definition) is 5. The molecule has 1 aliphatic heterocycles. The van der Waals surface area contributed by atoms with E-state index in [1.807, 2.05) is 18.2 Å². The van der Waals surface area contributed by atoms with Gasteiger partial charge >= 0.3 is 0 Å². The van der Waals surface area contributed by atoms with Crippen molar-refractivity contribution in [3.63, 3.8) is 0 Å². The van der Waals surface area contributed by atoms with Crippen LogP contribution in [0.5, 0.6) is 5.75 Å². The monoisotopic (exact) mass is 456 g/mol. The Labute approximate surface area is 186 Å². The molecule has 0 aliphatic carbocycles. The third-order valence-corrected chi connectivity index (χ3v) is 8.68. The fourth-order valence-corrected chi connectivity index (χ4v) is 6.02. The second-order valence-electron chi connectivity index (χ2n) is 7.48. The molecule has 0 N–H and O–H groups in total. The maximum absolute atomic E-state index is 12.8. The molecule has 162 valence electrons. The Morgan fingerprint density at radius 1 is 1.13 bits per heavy atom. The molecule has 0 fully saturated rings. The fourth-order valence-electron chi connectivity index (χ4n) is 3.67. The molecule has 1 unspecified atom stereocenters. The first-order valence-electron chi connectivity index (χ1n) is 10.0. The topological polar surface area (TPSA) is 66.9 Å². The molecule has 0 radical (unpaired) electrons. The van der Waals surface area contributed by atoms with Crippen molar-refractivity contribution in [2.45, 2.75) is 23.5 Å². The van der Waals surface area contributed by atoms with Crippen LogP contribution in [0.15, 0.2) is 70.3 Å². The van der Waals surface area contributed by atoms with Crippen molar-refractivity contribution in [2.75, 3.05) is 29.4 Å². The Morgan fingerprint density at radius 3 is 2.58 bits per heavy atom. The first-order chi connectivity index (χ1) is 14.9. The number of amides is 1. The van der Waals surface area contributed by atoms with Crippen LogP contribution in [0.25, 0.3) is 0 Å². The Kier molecular flexibility index (Phi) is 6.02. The predicted octanol–water partition coefficient (Wildman–Crippen LogP) is 4.49. The van der Waals surface area contributed by atoms with Crippen molar-refractivity contribution >= 4 is 38.6 Å². The first kappa shape index (κ1) is 21.4. The van der Waals surface area contributed by atoms with Gasteiger partial charge in [-0.3, -0.25) is 9.10 Å². The van der Waals surface area contributed by atoms with E-state index in [1.54, 1.807) is 46.7 Å². The van der Waals surface area contributed by atoms with Crippen molar-refractivity contribution in [3.8, 4) is 5.75 Å². The summed E-state index contributed by atoms with van der Waals surface area (Å²) in [5, 5.41) is 1.73. The Morgan fingerprint density at radius 2 is 1.87 bits per heavy atom. The van der Waals surface area contributed by atoms with Gasteiger partial charge in [-0.1, -0.05) is 31.2 Å². The van der Waals surface area contributed by atoms with Gasteiger partial charge < -0.3 is 9.64 Å². The lowest BCUT2D eigenvalue weighted by Crippen LogP contribution is -2.39. The highest BCUT2D eigenvalue weighted by molar-refractivity contribution is 7.94. The molecule has 31 heavy (non-hydrogen) atoms. The van der Waals surface area contributed by atoms with E-state index in [9.17, 15) is 13.2 Å². The smallest absolute Gasteiger partial charge is 0.273 e. The van der Waals surface area contributed by atoms with Gasteiger partial charge in [0.15, 0.2) is 6.61 Å². The quantitative estimate of drug-likeness (QED) is 0.548. The van der Waals surface area contributed by atoms with Crippen LogP contribution < -0.4 is 13.9 Å². The fraction of sp³-hybridized carbons (Fsp3) is 0.261. The van der Waals surface area contributed by atoms with E-state index >= 15 is 0 Å². The number of rotatable bonds is 6. The van der Waals surface area contributed by atoms with E-state index in [0.717, 1.165) is 12.1 Å². The summed E-state index contributed by atoms with van der Waals surface area (Å²) < 4.78 is 32.5. The van der Waals surface area contributed by atoms with Gasteiger partial charge in [-0.25, -0.2) is 8.42 Å². The average molecular weight is 457 g/mol. The zero-order valence-electron chi connectivity index (χ0n) is 17.4. The minimum Gasteiger partial charge on any atom is -0.484 e. The minimum atomic E-state index is -3.58. The largest absolute Gasteiger partial charge is 0.484 e. The lowest BCUT2D eigenvalue weighted by atomic mass is 9.91. The Bertz CT molecular complexity index is 1160. The van der Waals surface area contributed by atoms with Crippen molar-refractivity contribution in [1.82, 2.24) is 0 Å². The second-order valence-corrected chi connectivity index (χ2v) is 10.6. The molecule has 1 atom stereocenters. The van der Waals surface area contributed by atoms with Gasteiger partial charge in [0.1, 0.15) is 9.96 Å². The number of ether oxygens (including phenoxy) is 1. The Balaban J connectivity index is 1.41. The molecule has 4 rings (SSSR count). The number of para-hydroxylation sites is 1. The van der Waals surface area contributed by atoms with E-state index in [0.29, 0.717) is 23.9 Å². The summed E-state index contributed by atoms with van der Waals surface area (Å²) in [4.78, 5) is 14.6. The average Bonchev–Trinajstić information content (AvgIpc) is 3.34. The molecule has 0 bridgehead atoms. The molecule has 2 aromatic carbocycles. The van der Waals surface area contributed by atoms with Gasteiger partial charge in [0.25, 0.3) is 15.9 Å². The summed E-state index contributed by atoms with van der Waals surface area (Å²) in [6.07, 6.45) is 0.919. The molecule has 2 heterocycles. The molecule has 0 saturated carbocycles. The zero-order valence-corrected chi connectivity index (χ0v) is 19.0. The van der Waals surface area contributed by atoms with Gasteiger partial charge in [0.2, 0.25) is 0 Å². The summed E-state index contributed by atoms with van der Waals surface area (Å²) in [7, 11) is -2.07. The molecule has 1 amide bonds. The van der Waals surface area contributed by atoms with Crippen molar-refractivity contribution in [2.24, 2.45) is 0 Å². The molecule has 3 aromatic rings. The highest BCUT2D eigenvalue weighted by Crippen LogP contribution is 2.34. The SMILES string of the molecule is CC1CCN(C(=O)COc2ccc(N(C)S(=O)(=O)c3cccs3)cc2)c2ccccc21. The third kappa shape index (κ3) is 4.31. The number of carbonyl (C=O) groups is 1. The normalized spacial score (nSPS) is 15.9. The molecule has 1 aliphatic rings. The summed E-state index contributed by atoms with van der Waals surface area (Å²) in [5.41, 5.74) is 2.65. The highest BCUT2D eigenvalue weighted by Gasteiger charge is 2.26. The number of nitrogens with zero attached hydrogens (tertiary/aromatic N) is 2. The summed E-state index contributed by atoms with van der Waals surface area (Å²) >= 11 is 1.18. The van der Waals surface area contributed by atoms with Crippen LogP contribution in [-0.4, -0.2) is 34.5 Å². The van der Waals surface area contributed by atoms with E-state index in [1.165, 1.54) is 28.3 Å². The first-order valence-corrected chi connectivity index (χ1v) is 12.3. The van der Waals surface area contributed by atoms with Gasteiger partial charge in [-0.05, 0) is 59.7 Å². The number of carbonyl (C=O) groups excluding carboxylic acids is 1. The summed E-state index contributed by atoms with van der Waals surface area (Å²) in [5.74, 6) is 0.842. The third-order valence-electron chi connectivity index (χ3n) is 5.52. The van der Waals surface area contributed by atoms with E-state index in [4.69, 9.17) is 4.74 Å². The van der Waals surface area contributed by atoms with Crippen LogP contribution in [0.3, 0.4) is 0 Å². The van der Waals surface area contributed by atoms with Crippen LogP contribution in [0.4, 0.5) is 11.4 Å². The lowest BCUT2D eigenvalue weighted by molar-refractivity contribution is -0.120. The van der Waals surface area contributed by atoms with E-state index < -0.39 is 10.0 Å². The second kappa shape index (κ2) is 8.72. The van der Waals surface area contributed by atoms with Crippen molar-refractivity contribution in [1.29, 1.82) is 0 Å². The molecule has 0 spiro atoms. The molecular weight excluding hydrogens is 432 g/mol. The van der Waals surface area contributed by atoms with Gasteiger partial charge in [-0.2, -0.15) is 0 Å². The summed E-state index contributed by atoms with van der Waals surface area (Å²) in [6, 6.07) is 18.0. The molecule has 1 aromatic heterocycles. The van der Waals surface area contributed by atoms with Gasteiger partial charge in [0, 0.05) is 19.3 Å². The van der Waals surface area contributed by atoms with Gasteiger partial charge in [-0.15, -0.1) is 11.3 Å². The molecule has 6 nitrogen and oxygen atoms in total. The van der Waals surface area contributed by atoms with E-state index in [2.05, 4.69) is 13.0 Å². The van der Waals surface area contributed by atoms with Crippen LogP contribution >= 0.6 is 11.3 Å². The van der Waals surface area contributed by atoms with Crippen LogP contribution in [-0.2, 0) is 14.8 Å². The molecular formula is C23H24N2O4S2.